The van der Waals surface area contributed by atoms with Gasteiger partial charge in [-0.05, 0) is 24.6 Å². The average molecular weight is 298 g/mol. The fraction of sp³-hybridized carbons (Fsp3) is 0.0667. The molecule has 0 amide bonds. The van der Waals surface area contributed by atoms with Gasteiger partial charge < -0.3 is 10.2 Å². The van der Waals surface area contributed by atoms with Gasteiger partial charge in [-0.1, -0.05) is 24.3 Å². The van der Waals surface area contributed by atoms with E-state index in [2.05, 4.69) is 15.5 Å². The number of hydrazone groups is 1. The number of anilines is 2. The van der Waals surface area contributed by atoms with E-state index in [4.69, 9.17) is 10.2 Å². The number of rotatable bonds is 4. The minimum atomic E-state index is 0.496. The first kappa shape index (κ1) is 13.4. The molecular weight excluding hydrogens is 284 g/mol. The number of nitrogens with two attached hydrogens (primary N) is 1. The van der Waals surface area contributed by atoms with Crippen molar-refractivity contribution < 1.29 is 4.42 Å². The van der Waals surface area contributed by atoms with Crippen LogP contribution >= 0.6 is 11.3 Å². The van der Waals surface area contributed by atoms with Crippen molar-refractivity contribution in [1.82, 2.24) is 4.98 Å². The van der Waals surface area contributed by atoms with Crippen LogP contribution in [-0.2, 0) is 0 Å². The molecule has 0 aliphatic rings. The molecule has 0 radical (unpaired) electrons. The summed E-state index contributed by atoms with van der Waals surface area (Å²) in [7, 11) is 0. The van der Waals surface area contributed by atoms with Crippen molar-refractivity contribution in [3.8, 4) is 11.3 Å². The summed E-state index contributed by atoms with van der Waals surface area (Å²) in [5.41, 5.74) is 10.4. The molecule has 0 spiro atoms. The van der Waals surface area contributed by atoms with Crippen LogP contribution < -0.4 is 11.2 Å². The summed E-state index contributed by atoms with van der Waals surface area (Å²) >= 11 is 1.41. The van der Waals surface area contributed by atoms with Crippen molar-refractivity contribution in [3.05, 3.63) is 53.1 Å². The Labute approximate surface area is 126 Å². The highest BCUT2D eigenvalue weighted by atomic mass is 32.1. The lowest BCUT2D eigenvalue weighted by Gasteiger charge is -1.98. The molecule has 2 aromatic heterocycles. The van der Waals surface area contributed by atoms with E-state index < -0.39 is 0 Å². The molecule has 0 aliphatic heterocycles. The van der Waals surface area contributed by atoms with E-state index in [1.54, 1.807) is 11.6 Å². The van der Waals surface area contributed by atoms with Gasteiger partial charge >= 0.3 is 0 Å². The van der Waals surface area contributed by atoms with Gasteiger partial charge in [0, 0.05) is 10.9 Å². The molecule has 0 bridgehead atoms. The Morgan fingerprint density at radius 3 is 2.67 bits per heavy atom. The van der Waals surface area contributed by atoms with Crippen LogP contribution in [0.4, 0.5) is 10.9 Å². The van der Waals surface area contributed by atoms with Crippen LogP contribution in [-0.4, -0.2) is 11.2 Å². The first-order valence-electron chi connectivity index (χ1n) is 6.38. The second kappa shape index (κ2) is 5.80. The molecule has 0 atom stereocenters. The summed E-state index contributed by atoms with van der Waals surface area (Å²) in [6.45, 7) is 1.93. The number of benzene rings is 1. The van der Waals surface area contributed by atoms with Crippen LogP contribution in [0.5, 0.6) is 0 Å². The minimum Gasteiger partial charge on any atom is -0.461 e. The molecule has 1 aromatic carbocycles. The van der Waals surface area contributed by atoms with Crippen LogP contribution in [0, 0.1) is 6.92 Å². The third kappa shape index (κ3) is 3.29. The molecule has 3 rings (SSSR count). The van der Waals surface area contributed by atoms with Gasteiger partial charge in [-0.2, -0.15) is 5.10 Å². The molecule has 2 heterocycles. The van der Waals surface area contributed by atoms with E-state index in [9.17, 15) is 0 Å². The number of nitrogen functional groups attached to an aromatic ring is 1. The lowest BCUT2D eigenvalue weighted by atomic mass is 10.1. The van der Waals surface area contributed by atoms with E-state index >= 15 is 0 Å². The fourth-order valence-corrected chi connectivity index (χ4v) is 2.37. The molecule has 3 N–H and O–H groups in total. The van der Waals surface area contributed by atoms with Crippen molar-refractivity contribution in [2.45, 2.75) is 6.92 Å². The Morgan fingerprint density at radius 1 is 1.24 bits per heavy atom. The van der Waals surface area contributed by atoms with E-state index in [1.165, 1.54) is 11.3 Å². The van der Waals surface area contributed by atoms with E-state index in [0.29, 0.717) is 10.9 Å². The van der Waals surface area contributed by atoms with Crippen LogP contribution in [0.25, 0.3) is 11.3 Å². The highest BCUT2D eigenvalue weighted by Gasteiger charge is 2.01. The zero-order valence-corrected chi connectivity index (χ0v) is 12.2. The Balaban J connectivity index is 1.66. The normalized spacial score (nSPS) is 11.1. The first-order chi connectivity index (χ1) is 10.2. The van der Waals surface area contributed by atoms with Crippen LogP contribution in [0.1, 0.15) is 11.3 Å². The topological polar surface area (TPSA) is 76.4 Å². The lowest BCUT2D eigenvalue weighted by Crippen LogP contribution is -1.91. The monoisotopic (exact) mass is 298 g/mol. The average Bonchev–Trinajstić information content (AvgIpc) is 3.09. The van der Waals surface area contributed by atoms with Crippen molar-refractivity contribution in [1.29, 1.82) is 0 Å². The zero-order valence-electron chi connectivity index (χ0n) is 11.4. The highest BCUT2D eigenvalue weighted by Crippen LogP contribution is 2.22. The smallest absolute Gasteiger partial charge is 0.205 e. The third-order valence-electron chi connectivity index (χ3n) is 2.83. The number of hydrogen-bond acceptors (Lipinski definition) is 6. The quantitative estimate of drug-likeness (QED) is 0.568. The summed E-state index contributed by atoms with van der Waals surface area (Å²) in [5.74, 6) is 2.27. The van der Waals surface area contributed by atoms with Crippen LogP contribution in [0.15, 0.2) is 51.3 Å². The van der Waals surface area contributed by atoms with Gasteiger partial charge in [-0.15, -0.1) is 11.3 Å². The van der Waals surface area contributed by atoms with Gasteiger partial charge in [-0.25, -0.2) is 4.98 Å². The van der Waals surface area contributed by atoms with Gasteiger partial charge in [0.2, 0.25) is 5.13 Å². The molecule has 0 saturated carbocycles. The Morgan fingerprint density at radius 2 is 2.05 bits per heavy atom. The third-order valence-corrected chi connectivity index (χ3v) is 3.60. The fourth-order valence-electron chi connectivity index (χ4n) is 1.82. The molecule has 0 fully saturated rings. The predicted octanol–water partition coefficient (Wildman–Crippen LogP) is 3.74. The van der Waals surface area contributed by atoms with Crippen molar-refractivity contribution >= 4 is 28.5 Å². The maximum Gasteiger partial charge on any atom is 0.205 e. The van der Waals surface area contributed by atoms with Crippen molar-refractivity contribution in [3.63, 3.8) is 0 Å². The number of aromatic nitrogens is 1. The SMILES string of the molecule is Cc1ccc(-c2ccc(C=NNc3nc(N)cs3)cc2)o1. The molecular formula is C15H14N4OS. The number of hydrogen-bond donors (Lipinski definition) is 2. The van der Waals surface area contributed by atoms with Crippen LogP contribution in [0.2, 0.25) is 0 Å². The summed E-state index contributed by atoms with van der Waals surface area (Å²) in [5, 5.41) is 6.56. The molecule has 21 heavy (non-hydrogen) atoms. The molecule has 0 saturated heterocycles. The molecule has 0 unspecified atom stereocenters. The second-order valence-corrected chi connectivity index (χ2v) is 5.34. The highest BCUT2D eigenvalue weighted by molar-refractivity contribution is 7.14. The van der Waals surface area contributed by atoms with Gasteiger partial charge in [0.15, 0.2) is 0 Å². The number of nitrogens with one attached hydrogen (secondary N) is 1. The Hall–Kier alpha value is -2.60. The standard InChI is InChI=1S/C15H14N4OS/c1-10-2-7-13(20-10)12-5-3-11(4-6-12)8-17-19-15-18-14(16)9-21-15/h2-9H,16H2,1H3,(H,18,19). The summed E-state index contributed by atoms with van der Waals surface area (Å²) < 4.78 is 5.59. The number of aryl methyl sites for hydroxylation is 1. The van der Waals surface area contributed by atoms with Gasteiger partial charge in [0.25, 0.3) is 0 Å². The molecule has 0 aliphatic carbocycles. The molecule has 106 valence electrons. The number of furan rings is 1. The van der Waals surface area contributed by atoms with E-state index in [0.717, 1.165) is 22.6 Å². The van der Waals surface area contributed by atoms with Gasteiger partial charge in [0.1, 0.15) is 17.3 Å². The largest absolute Gasteiger partial charge is 0.461 e. The predicted molar refractivity (Wildman–Crippen MR) is 86.6 cm³/mol. The maximum atomic E-state index is 5.59. The summed E-state index contributed by atoms with van der Waals surface area (Å²) in [6.07, 6.45) is 1.73. The first-order valence-corrected chi connectivity index (χ1v) is 7.25. The minimum absolute atomic E-state index is 0.496. The van der Waals surface area contributed by atoms with E-state index in [1.807, 2.05) is 43.3 Å². The zero-order chi connectivity index (χ0) is 14.7. The van der Waals surface area contributed by atoms with Crippen LogP contribution in [0.3, 0.4) is 0 Å². The number of nitrogens with zero attached hydrogens (tertiary/aromatic N) is 2. The maximum absolute atomic E-state index is 5.59. The molecule has 6 heteroatoms. The van der Waals surface area contributed by atoms with E-state index in [-0.39, 0.29) is 0 Å². The van der Waals surface area contributed by atoms with Crippen molar-refractivity contribution in [2.75, 3.05) is 11.2 Å². The summed E-state index contributed by atoms with van der Waals surface area (Å²) in [4.78, 5) is 4.06. The van der Waals surface area contributed by atoms with Gasteiger partial charge in [-0.3, -0.25) is 5.43 Å². The van der Waals surface area contributed by atoms with Gasteiger partial charge in [0.05, 0.1) is 6.21 Å². The van der Waals surface area contributed by atoms with Crippen molar-refractivity contribution in [2.24, 2.45) is 5.10 Å². The molecule has 3 aromatic rings. The number of thiazole rings is 1. The molecule has 5 nitrogen and oxygen atoms in total. The Bertz CT molecular complexity index is 758. The second-order valence-electron chi connectivity index (χ2n) is 4.48. The Kier molecular flexibility index (Phi) is 3.70. The summed E-state index contributed by atoms with van der Waals surface area (Å²) in [6, 6.07) is 11.9. The lowest BCUT2D eigenvalue weighted by molar-refractivity contribution is 0.548.